The summed E-state index contributed by atoms with van der Waals surface area (Å²) in [4.78, 5) is 0. The highest BCUT2D eigenvalue weighted by Crippen LogP contribution is 2.35. The summed E-state index contributed by atoms with van der Waals surface area (Å²) in [6.07, 6.45) is -3.57. The molecular weight excluding hydrogens is 145 g/mol. The van der Waals surface area contributed by atoms with E-state index in [1.807, 2.05) is 0 Å². The molecule has 1 aliphatic heterocycles. The van der Waals surface area contributed by atoms with Crippen LogP contribution in [-0.4, -0.2) is 12.8 Å². The largest absolute Gasteiger partial charge is 0.420 e. The van der Waals surface area contributed by atoms with E-state index in [0.717, 1.165) is 6.42 Å². The number of ether oxygens (including phenoxy) is 1. The Kier molecular flexibility index (Phi) is 2.18. The van der Waals surface area contributed by atoms with Gasteiger partial charge in [-0.3, -0.25) is 0 Å². The van der Waals surface area contributed by atoms with Crippen LogP contribution in [0.1, 0.15) is 19.3 Å². The van der Waals surface area contributed by atoms with Gasteiger partial charge in [-0.05, 0) is 19.3 Å². The topological polar surface area (TPSA) is 9.23 Å². The molecule has 0 saturated carbocycles. The molecule has 1 heterocycles. The number of hydrogen-bond acceptors (Lipinski definition) is 1. The Morgan fingerprint density at radius 1 is 1.20 bits per heavy atom. The fraction of sp³-hybridized carbons (Fsp3) is 0.833. The molecule has 4 heteroatoms. The maximum absolute atomic E-state index is 11.8. The third-order valence-corrected chi connectivity index (χ3v) is 1.39. The molecule has 0 spiro atoms. The Bertz CT molecular complexity index is 104. The molecule has 0 bridgehead atoms. The molecule has 1 aliphatic rings. The van der Waals surface area contributed by atoms with Gasteiger partial charge in [0, 0.05) is 6.61 Å². The van der Waals surface area contributed by atoms with E-state index < -0.39 is 12.3 Å². The first kappa shape index (κ1) is 7.85. The molecule has 0 aromatic heterocycles. The number of hydrogen-bond donors (Lipinski definition) is 0. The van der Waals surface area contributed by atoms with Crippen molar-refractivity contribution < 1.29 is 17.9 Å². The highest BCUT2D eigenvalue weighted by atomic mass is 19.4. The van der Waals surface area contributed by atoms with E-state index in [-0.39, 0.29) is 13.0 Å². The first-order valence-electron chi connectivity index (χ1n) is 3.16. The van der Waals surface area contributed by atoms with Gasteiger partial charge in [0.2, 0.25) is 6.10 Å². The molecule has 59 valence electrons. The van der Waals surface area contributed by atoms with Crippen LogP contribution >= 0.6 is 0 Å². The first-order valence-corrected chi connectivity index (χ1v) is 3.16. The molecule has 1 rings (SSSR count). The van der Waals surface area contributed by atoms with Gasteiger partial charge in [-0.15, -0.1) is 0 Å². The summed E-state index contributed by atoms with van der Waals surface area (Å²) < 4.78 is 39.8. The van der Waals surface area contributed by atoms with Crippen molar-refractivity contribution in [3.63, 3.8) is 0 Å². The SMILES string of the molecule is FC(F)(F)[C]1CCCCO1. The molecule has 0 aromatic rings. The first-order chi connectivity index (χ1) is 4.61. The van der Waals surface area contributed by atoms with Gasteiger partial charge in [0.05, 0.1) is 0 Å². The molecule has 0 unspecified atom stereocenters. The Hall–Kier alpha value is -0.250. The minimum atomic E-state index is -4.24. The van der Waals surface area contributed by atoms with Gasteiger partial charge in [-0.2, -0.15) is 13.2 Å². The summed E-state index contributed by atoms with van der Waals surface area (Å²) in [5.74, 6) is 0. The average Bonchev–Trinajstić information content (AvgIpc) is 1.88. The molecule has 0 aliphatic carbocycles. The zero-order chi connectivity index (χ0) is 7.61. The van der Waals surface area contributed by atoms with Gasteiger partial charge in [0.1, 0.15) is 0 Å². The molecule has 1 nitrogen and oxygen atoms in total. The number of rotatable bonds is 0. The van der Waals surface area contributed by atoms with Gasteiger partial charge >= 0.3 is 6.18 Å². The highest BCUT2D eigenvalue weighted by Gasteiger charge is 2.42. The predicted octanol–water partition coefficient (Wildman–Crippen LogP) is 2.28. The van der Waals surface area contributed by atoms with Crippen LogP contribution in [0.25, 0.3) is 0 Å². The standard InChI is InChI=1S/C6H8F3O/c7-6(8,9)5-3-1-2-4-10-5/h1-4H2. The fourth-order valence-corrected chi connectivity index (χ4v) is 0.879. The normalized spacial score (nSPS) is 23.1. The van der Waals surface area contributed by atoms with Crippen molar-refractivity contribution in [2.75, 3.05) is 6.61 Å². The van der Waals surface area contributed by atoms with E-state index >= 15 is 0 Å². The van der Waals surface area contributed by atoms with Crippen molar-refractivity contribution in [2.45, 2.75) is 25.4 Å². The van der Waals surface area contributed by atoms with Crippen LogP contribution < -0.4 is 0 Å². The lowest BCUT2D eigenvalue weighted by molar-refractivity contribution is -0.176. The molecule has 0 atom stereocenters. The maximum Gasteiger partial charge on any atom is 0.420 e. The molecule has 1 saturated heterocycles. The van der Waals surface area contributed by atoms with E-state index in [4.69, 9.17) is 0 Å². The van der Waals surface area contributed by atoms with Crippen LogP contribution in [0, 0.1) is 6.10 Å². The van der Waals surface area contributed by atoms with Crippen molar-refractivity contribution in [3.05, 3.63) is 6.10 Å². The lowest BCUT2D eigenvalue weighted by Crippen LogP contribution is -2.26. The lowest BCUT2D eigenvalue weighted by Gasteiger charge is -2.22. The predicted molar refractivity (Wildman–Crippen MR) is 29.1 cm³/mol. The Morgan fingerprint density at radius 3 is 2.20 bits per heavy atom. The van der Waals surface area contributed by atoms with Crippen molar-refractivity contribution >= 4 is 0 Å². The van der Waals surface area contributed by atoms with Gasteiger partial charge in [0.15, 0.2) is 0 Å². The van der Waals surface area contributed by atoms with E-state index in [0.29, 0.717) is 6.42 Å². The molecule has 0 amide bonds. The van der Waals surface area contributed by atoms with Crippen molar-refractivity contribution in [3.8, 4) is 0 Å². The quantitative estimate of drug-likeness (QED) is 0.518. The number of alkyl halides is 3. The Balaban J connectivity index is 2.39. The minimum absolute atomic E-state index is 0.0451. The van der Waals surface area contributed by atoms with E-state index in [1.54, 1.807) is 0 Å². The molecular formula is C6H8F3O. The van der Waals surface area contributed by atoms with E-state index in [2.05, 4.69) is 4.74 Å². The van der Waals surface area contributed by atoms with Crippen LogP contribution in [0.4, 0.5) is 13.2 Å². The molecule has 10 heavy (non-hydrogen) atoms. The minimum Gasteiger partial charge on any atom is -0.362 e. The lowest BCUT2D eigenvalue weighted by atomic mass is 10.1. The maximum atomic E-state index is 11.8. The third kappa shape index (κ3) is 1.87. The van der Waals surface area contributed by atoms with Crippen LogP contribution in [0.2, 0.25) is 0 Å². The van der Waals surface area contributed by atoms with Crippen molar-refractivity contribution in [1.29, 1.82) is 0 Å². The highest BCUT2D eigenvalue weighted by molar-refractivity contribution is 4.89. The number of halogens is 3. The van der Waals surface area contributed by atoms with Gasteiger partial charge in [0.25, 0.3) is 0 Å². The van der Waals surface area contributed by atoms with Crippen molar-refractivity contribution in [1.82, 2.24) is 0 Å². The smallest absolute Gasteiger partial charge is 0.362 e. The van der Waals surface area contributed by atoms with Crippen molar-refractivity contribution in [2.24, 2.45) is 0 Å². The summed E-state index contributed by atoms with van der Waals surface area (Å²) in [6, 6.07) is 0. The monoisotopic (exact) mass is 153 g/mol. The molecule has 0 aromatic carbocycles. The molecule has 0 N–H and O–H groups in total. The van der Waals surface area contributed by atoms with Gasteiger partial charge < -0.3 is 4.74 Å². The van der Waals surface area contributed by atoms with Crippen LogP contribution in [0.3, 0.4) is 0 Å². The zero-order valence-electron chi connectivity index (χ0n) is 5.37. The van der Waals surface area contributed by atoms with Crippen LogP contribution in [0.5, 0.6) is 0 Å². The Morgan fingerprint density at radius 2 is 1.90 bits per heavy atom. The van der Waals surface area contributed by atoms with E-state index in [1.165, 1.54) is 0 Å². The summed E-state index contributed by atoms with van der Waals surface area (Å²) in [6.45, 7) is 0.217. The van der Waals surface area contributed by atoms with Gasteiger partial charge in [-0.1, -0.05) is 0 Å². The second kappa shape index (κ2) is 2.78. The van der Waals surface area contributed by atoms with E-state index in [9.17, 15) is 13.2 Å². The summed E-state index contributed by atoms with van der Waals surface area (Å²) in [5, 5.41) is 0. The van der Waals surface area contributed by atoms with Crippen LogP contribution in [-0.2, 0) is 4.74 Å². The van der Waals surface area contributed by atoms with Gasteiger partial charge in [-0.25, -0.2) is 0 Å². The fourth-order valence-electron chi connectivity index (χ4n) is 0.879. The molecule has 1 radical (unpaired) electrons. The van der Waals surface area contributed by atoms with Crippen LogP contribution in [0.15, 0.2) is 0 Å². The summed E-state index contributed by atoms with van der Waals surface area (Å²) >= 11 is 0. The average molecular weight is 153 g/mol. The second-order valence-corrected chi connectivity index (χ2v) is 2.23. The molecule has 1 fully saturated rings. The third-order valence-electron chi connectivity index (χ3n) is 1.39. The zero-order valence-corrected chi connectivity index (χ0v) is 5.37. The summed E-state index contributed by atoms with van der Waals surface area (Å²) in [7, 11) is 0. The second-order valence-electron chi connectivity index (χ2n) is 2.23. The Labute approximate surface area is 57.2 Å². The summed E-state index contributed by atoms with van der Waals surface area (Å²) in [5.41, 5.74) is 0.